The van der Waals surface area contributed by atoms with Crippen molar-refractivity contribution in [1.82, 2.24) is 4.98 Å². The molecule has 0 spiro atoms. The van der Waals surface area contributed by atoms with E-state index in [1.54, 1.807) is 49.6 Å². The lowest BCUT2D eigenvalue weighted by Gasteiger charge is -2.11. The number of hydrogen-bond donors (Lipinski definition) is 2. The number of nitrogens with zero attached hydrogens (tertiary/aromatic N) is 1. The molecule has 7 heteroatoms. The average molecular weight is 367 g/mol. The van der Waals surface area contributed by atoms with E-state index in [9.17, 15) is 9.18 Å². The number of halogens is 1. The fourth-order valence-corrected chi connectivity index (χ4v) is 2.43. The number of methoxy groups -OCH3 is 2. The van der Waals surface area contributed by atoms with Crippen molar-refractivity contribution >= 4 is 23.1 Å². The van der Waals surface area contributed by atoms with Gasteiger partial charge in [0.1, 0.15) is 11.6 Å². The minimum absolute atomic E-state index is 0.313. The van der Waals surface area contributed by atoms with E-state index >= 15 is 0 Å². The number of rotatable bonds is 6. The molecule has 138 valence electrons. The zero-order valence-corrected chi connectivity index (χ0v) is 14.8. The van der Waals surface area contributed by atoms with Crippen LogP contribution in [0, 0.1) is 5.82 Å². The Kier molecular flexibility index (Phi) is 5.51. The second kappa shape index (κ2) is 8.18. The van der Waals surface area contributed by atoms with Gasteiger partial charge in [0, 0.05) is 23.6 Å². The maximum Gasteiger partial charge on any atom is 0.257 e. The van der Waals surface area contributed by atoms with Gasteiger partial charge >= 0.3 is 0 Å². The van der Waals surface area contributed by atoms with Crippen molar-refractivity contribution in [2.45, 2.75) is 0 Å². The molecule has 0 saturated heterocycles. The quantitative estimate of drug-likeness (QED) is 0.682. The van der Waals surface area contributed by atoms with Crippen LogP contribution >= 0.6 is 0 Å². The fraction of sp³-hybridized carbons (Fsp3) is 0.100. The second-order valence-corrected chi connectivity index (χ2v) is 5.59. The van der Waals surface area contributed by atoms with Crippen molar-refractivity contribution in [2.75, 3.05) is 24.9 Å². The molecule has 0 atom stereocenters. The van der Waals surface area contributed by atoms with E-state index in [1.807, 2.05) is 0 Å². The third-order valence-electron chi connectivity index (χ3n) is 3.76. The van der Waals surface area contributed by atoms with Crippen LogP contribution in [0.5, 0.6) is 11.5 Å². The predicted octanol–water partition coefficient (Wildman–Crippen LogP) is 4.23. The molecule has 0 bridgehead atoms. The number of amides is 1. The molecule has 2 N–H and O–H groups in total. The molecular formula is C20H18FN3O3. The third kappa shape index (κ3) is 4.52. The molecule has 3 aromatic rings. The number of benzene rings is 2. The standard InChI is InChI=1S/C20H18FN3O3/c1-26-17-8-7-16(11-18(17)27-2)24-20(25)13-6-9-19(22-12-13)23-15-5-3-4-14(21)10-15/h3-12H,1-2H3,(H,22,23)(H,24,25). The highest BCUT2D eigenvalue weighted by Crippen LogP contribution is 2.29. The number of anilines is 3. The second-order valence-electron chi connectivity index (χ2n) is 5.59. The summed E-state index contributed by atoms with van der Waals surface area (Å²) in [6, 6.07) is 14.4. The molecule has 1 aromatic heterocycles. The van der Waals surface area contributed by atoms with Crippen LogP contribution in [0.2, 0.25) is 0 Å². The number of hydrogen-bond acceptors (Lipinski definition) is 5. The normalized spacial score (nSPS) is 10.2. The third-order valence-corrected chi connectivity index (χ3v) is 3.76. The number of ether oxygens (including phenoxy) is 2. The highest BCUT2D eigenvalue weighted by molar-refractivity contribution is 6.04. The van der Waals surface area contributed by atoms with E-state index in [-0.39, 0.29) is 11.7 Å². The van der Waals surface area contributed by atoms with Gasteiger partial charge in [-0.2, -0.15) is 0 Å². The van der Waals surface area contributed by atoms with Crippen molar-refractivity contribution in [3.63, 3.8) is 0 Å². The Hall–Kier alpha value is -3.61. The molecule has 0 fully saturated rings. The highest BCUT2D eigenvalue weighted by atomic mass is 19.1. The molecule has 27 heavy (non-hydrogen) atoms. The summed E-state index contributed by atoms with van der Waals surface area (Å²) in [5.74, 6) is 0.939. The first-order chi connectivity index (χ1) is 13.1. The number of nitrogens with one attached hydrogen (secondary N) is 2. The number of pyridine rings is 1. The minimum atomic E-state index is -0.342. The van der Waals surface area contributed by atoms with Gasteiger partial charge in [-0.25, -0.2) is 9.37 Å². The summed E-state index contributed by atoms with van der Waals surface area (Å²) in [6.07, 6.45) is 1.44. The molecule has 0 aliphatic rings. The summed E-state index contributed by atoms with van der Waals surface area (Å²) >= 11 is 0. The van der Waals surface area contributed by atoms with Crippen LogP contribution in [-0.2, 0) is 0 Å². The van der Waals surface area contributed by atoms with Gasteiger partial charge < -0.3 is 20.1 Å². The van der Waals surface area contributed by atoms with E-state index in [1.165, 1.54) is 25.4 Å². The first kappa shape index (κ1) is 18.2. The lowest BCUT2D eigenvalue weighted by Crippen LogP contribution is -2.12. The van der Waals surface area contributed by atoms with Gasteiger partial charge in [0.15, 0.2) is 11.5 Å². The monoisotopic (exact) mass is 367 g/mol. The van der Waals surface area contributed by atoms with Crippen molar-refractivity contribution < 1.29 is 18.7 Å². The Balaban J connectivity index is 1.68. The van der Waals surface area contributed by atoms with Crippen molar-refractivity contribution in [3.05, 3.63) is 72.2 Å². The SMILES string of the molecule is COc1ccc(NC(=O)c2ccc(Nc3cccc(F)c3)nc2)cc1OC. The molecular weight excluding hydrogens is 349 g/mol. The topological polar surface area (TPSA) is 72.5 Å². The van der Waals surface area contributed by atoms with E-state index in [4.69, 9.17) is 9.47 Å². The summed E-state index contributed by atoms with van der Waals surface area (Å²) in [6.45, 7) is 0. The van der Waals surface area contributed by atoms with Gasteiger partial charge in [0.2, 0.25) is 0 Å². The number of carbonyl (C=O) groups is 1. The zero-order chi connectivity index (χ0) is 19.2. The van der Waals surface area contributed by atoms with E-state index in [2.05, 4.69) is 15.6 Å². The fourth-order valence-electron chi connectivity index (χ4n) is 2.43. The van der Waals surface area contributed by atoms with Gasteiger partial charge in [-0.15, -0.1) is 0 Å². The Bertz CT molecular complexity index is 945. The van der Waals surface area contributed by atoms with Crippen molar-refractivity contribution in [3.8, 4) is 11.5 Å². The van der Waals surface area contributed by atoms with Crippen LogP contribution in [0.4, 0.5) is 21.6 Å². The summed E-state index contributed by atoms with van der Waals surface area (Å²) in [4.78, 5) is 16.6. The van der Waals surface area contributed by atoms with E-state index in [0.29, 0.717) is 34.3 Å². The van der Waals surface area contributed by atoms with Crippen LogP contribution in [0.3, 0.4) is 0 Å². The van der Waals surface area contributed by atoms with Crippen LogP contribution < -0.4 is 20.1 Å². The largest absolute Gasteiger partial charge is 0.493 e. The molecule has 1 amide bonds. The highest BCUT2D eigenvalue weighted by Gasteiger charge is 2.10. The van der Waals surface area contributed by atoms with Crippen LogP contribution in [0.1, 0.15) is 10.4 Å². The summed E-state index contributed by atoms with van der Waals surface area (Å²) in [5.41, 5.74) is 1.53. The van der Waals surface area contributed by atoms with Gasteiger partial charge in [-0.3, -0.25) is 4.79 Å². The van der Waals surface area contributed by atoms with Crippen molar-refractivity contribution in [1.29, 1.82) is 0 Å². The lowest BCUT2D eigenvalue weighted by atomic mass is 10.2. The number of carbonyl (C=O) groups excluding carboxylic acids is 1. The van der Waals surface area contributed by atoms with E-state index in [0.717, 1.165) is 0 Å². The van der Waals surface area contributed by atoms with Gasteiger partial charge in [0.05, 0.1) is 19.8 Å². The molecule has 3 rings (SSSR count). The Labute approximate surface area is 156 Å². The first-order valence-corrected chi connectivity index (χ1v) is 8.11. The molecule has 2 aromatic carbocycles. The predicted molar refractivity (Wildman–Crippen MR) is 101 cm³/mol. The molecule has 0 saturated carbocycles. The van der Waals surface area contributed by atoms with Crippen LogP contribution in [0.15, 0.2) is 60.8 Å². The number of aromatic nitrogens is 1. The Morgan fingerprint density at radius 3 is 2.44 bits per heavy atom. The van der Waals surface area contributed by atoms with Crippen molar-refractivity contribution in [2.24, 2.45) is 0 Å². The molecule has 0 aliphatic heterocycles. The Morgan fingerprint density at radius 1 is 0.963 bits per heavy atom. The summed E-state index contributed by atoms with van der Waals surface area (Å²) < 4.78 is 23.6. The molecule has 0 unspecified atom stereocenters. The Morgan fingerprint density at radius 2 is 1.78 bits per heavy atom. The minimum Gasteiger partial charge on any atom is -0.493 e. The van der Waals surface area contributed by atoms with Gasteiger partial charge in [-0.1, -0.05) is 6.07 Å². The smallest absolute Gasteiger partial charge is 0.257 e. The molecule has 1 heterocycles. The molecule has 0 radical (unpaired) electrons. The molecule has 6 nitrogen and oxygen atoms in total. The summed E-state index contributed by atoms with van der Waals surface area (Å²) in [7, 11) is 3.07. The first-order valence-electron chi connectivity index (χ1n) is 8.11. The lowest BCUT2D eigenvalue weighted by molar-refractivity contribution is 0.102. The average Bonchev–Trinajstić information content (AvgIpc) is 2.68. The maximum atomic E-state index is 13.2. The maximum absolute atomic E-state index is 13.2. The van der Waals surface area contributed by atoms with Crippen LogP contribution in [0.25, 0.3) is 0 Å². The zero-order valence-electron chi connectivity index (χ0n) is 14.8. The van der Waals surface area contributed by atoms with Gasteiger partial charge in [-0.05, 0) is 42.5 Å². The van der Waals surface area contributed by atoms with Crippen LogP contribution in [-0.4, -0.2) is 25.1 Å². The van der Waals surface area contributed by atoms with Gasteiger partial charge in [0.25, 0.3) is 5.91 Å². The van der Waals surface area contributed by atoms with E-state index < -0.39 is 0 Å². The summed E-state index contributed by atoms with van der Waals surface area (Å²) in [5, 5.41) is 5.75. The molecule has 0 aliphatic carbocycles.